The van der Waals surface area contributed by atoms with Gasteiger partial charge in [0.2, 0.25) is 0 Å². The van der Waals surface area contributed by atoms with Crippen LogP contribution in [0.15, 0.2) is 6.07 Å². The Morgan fingerprint density at radius 3 is 2.57 bits per heavy atom. The van der Waals surface area contributed by atoms with Crippen LogP contribution in [0.1, 0.15) is 11.1 Å². The van der Waals surface area contributed by atoms with Gasteiger partial charge >= 0.3 is 0 Å². The third-order valence-electron chi connectivity index (χ3n) is 2.15. The first-order chi connectivity index (χ1) is 6.61. The van der Waals surface area contributed by atoms with Gasteiger partial charge in [-0.2, -0.15) is 0 Å². The first-order valence-corrected chi connectivity index (χ1v) is 4.33. The molecule has 0 aliphatic carbocycles. The lowest BCUT2D eigenvalue weighted by Gasteiger charge is -2.10. The number of halogens is 2. The monoisotopic (exact) mass is 201 g/mol. The van der Waals surface area contributed by atoms with Crippen LogP contribution in [0.5, 0.6) is 5.75 Å². The lowest BCUT2D eigenvalue weighted by Crippen LogP contribution is -2.07. The molecule has 14 heavy (non-hydrogen) atoms. The quantitative estimate of drug-likeness (QED) is 0.809. The highest BCUT2D eigenvalue weighted by atomic mass is 19.1. The van der Waals surface area contributed by atoms with Crippen LogP contribution in [0.25, 0.3) is 0 Å². The average Bonchev–Trinajstić information content (AvgIpc) is 2.15. The molecule has 0 heterocycles. The van der Waals surface area contributed by atoms with E-state index in [9.17, 15) is 8.78 Å². The van der Waals surface area contributed by atoms with Gasteiger partial charge in [0.25, 0.3) is 0 Å². The Balaban J connectivity index is 3.25. The minimum atomic E-state index is -0.681. The van der Waals surface area contributed by atoms with Crippen LogP contribution in [0.4, 0.5) is 8.78 Å². The van der Waals surface area contributed by atoms with Crippen molar-refractivity contribution in [2.75, 3.05) is 13.7 Å². The van der Waals surface area contributed by atoms with E-state index in [2.05, 4.69) is 4.74 Å². The second kappa shape index (κ2) is 4.37. The van der Waals surface area contributed by atoms with E-state index in [0.29, 0.717) is 24.1 Å². The summed E-state index contributed by atoms with van der Waals surface area (Å²) in [5, 5.41) is 0. The van der Waals surface area contributed by atoms with Gasteiger partial charge in [0, 0.05) is 0 Å². The molecule has 2 nitrogen and oxygen atoms in total. The molecule has 0 saturated heterocycles. The molecule has 0 spiro atoms. The van der Waals surface area contributed by atoms with E-state index in [1.165, 1.54) is 13.2 Å². The summed E-state index contributed by atoms with van der Waals surface area (Å²) in [5.74, 6) is -1.65. The highest BCUT2D eigenvalue weighted by Crippen LogP contribution is 2.26. The van der Waals surface area contributed by atoms with E-state index in [0.717, 1.165) is 0 Å². The number of methoxy groups -OCH3 is 1. The van der Waals surface area contributed by atoms with Gasteiger partial charge in [-0.3, -0.25) is 0 Å². The SMILES string of the molecule is COc1c(F)cc(CCN)c(C)c1F. The number of hydrogen-bond donors (Lipinski definition) is 1. The Labute approximate surface area is 81.7 Å². The Hall–Kier alpha value is -1.16. The van der Waals surface area contributed by atoms with Crippen molar-refractivity contribution in [1.82, 2.24) is 0 Å². The molecule has 0 aromatic heterocycles. The first kappa shape index (κ1) is 10.9. The summed E-state index contributed by atoms with van der Waals surface area (Å²) in [6, 6.07) is 1.27. The molecule has 1 rings (SSSR count). The van der Waals surface area contributed by atoms with Gasteiger partial charge in [0.15, 0.2) is 17.4 Å². The van der Waals surface area contributed by atoms with Crippen molar-refractivity contribution >= 4 is 0 Å². The smallest absolute Gasteiger partial charge is 0.190 e. The maximum absolute atomic E-state index is 13.4. The zero-order valence-corrected chi connectivity index (χ0v) is 8.23. The van der Waals surface area contributed by atoms with E-state index in [1.54, 1.807) is 6.92 Å². The standard InChI is InChI=1S/C10H13F2NO/c1-6-7(3-4-13)5-8(11)10(14-2)9(6)12/h5H,3-4,13H2,1-2H3. The average molecular weight is 201 g/mol. The molecule has 1 aromatic rings. The summed E-state index contributed by atoms with van der Waals surface area (Å²) >= 11 is 0. The van der Waals surface area contributed by atoms with E-state index >= 15 is 0 Å². The fourth-order valence-corrected chi connectivity index (χ4v) is 1.35. The molecule has 0 bridgehead atoms. The number of hydrogen-bond acceptors (Lipinski definition) is 2. The molecule has 0 fully saturated rings. The van der Waals surface area contributed by atoms with Crippen LogP contribution in [0.2, 0.25) is 0 Å². The zero-order valence-electron chi connectivity index (χ0n) is 8.23. The molecule has 4 heteroatoms. The summed E-state index contributed by atoms with van der Waals surface area (Å²) in [7, 11) is 1.24. The fourth-order valence-electron chi connectivity index (χ4n) is 1.35. The lowest BCUT2D eigenvalue weighted by molar-refractivity contribution is 0.357. The summed E-state index contributed by atoms with van der Waals surface area (Å²) in [6.45, 7) is 1.95. The van der Waals surface area contributed by atoms with E-state index in [4.69, 9.17) is 5.73 Å². The Morgan fingerprint density at radius 1 is 1.43 bits per heavy atom. The molecule has 0 aliphatic rings. The van der Waals surface area contributed by atoms with E-state index in [-0.39, 0.29) is 5.75 Å². The van der Waals surface area contributed by atoms with Gasteiger partial charge in [-0.1, -0.05) is 0 Å². The number of benzene rings is 1. The van der Waals surface area contributed by atoms with Crippen molar-refractivity contribution in [1.29, 1.82) is 0 Å². The molecule has 0 aliphatic heterocycles. The summed E-state index contributed by atoms with van der Waals surface area (Å²) < 4.78 is 31.3. The lowest BCUT2D eigenvalue weighted by atomic mass is 10.0. The van der Waals surface area contributed by atoms with Gasteiger partial charge < -0.3 is 10.5 Å². The molecule has 0 unspecified atom stereocenters. The van der Waals surface area contributed by atoms with E-state index < -0.39 is 11.6 Å². The minimum Gasteiger partial charge on any atom is -0.491 e. The molecule has 0 radical (unpaired) electrons. The highest BCUT2D eigenvalue weighted by molar-refractivity contribution is 5.38. The minimum absolute atomic E-state index is 0.330. The van der Waals surface area contributed by atoms with Crippen molar-refractivity contribution in [3.05, 3.63) is 28.8 Å². The predicted molar refractivity (Wildman–Crippen MR) is 50.4 cm³/mol. The summed E-state index contributed by atoms with van der Waals surface area (Å²) in [4.78, 5) is 0. The molecular weight excluding hydrogens is 188 g/mol. The van der Waals surface area contributed by atoms with Crippen molar-refractivity contribution in [2.45, 2.75) is 13.3 Å². The second-order valence-corrected chi connectivity index (χ2v) is 3.03. The van der Waals surface area contributed by atoms with Crippen LogP contribution in [-0.4, -0.2) is 13.7 Å². The van der Waals surface area contributed by atoms with Crippen LogP contribution >= 0.6 is 0 Å². The number of rotatable bonds is 3. The maximum Gasteiger partial charge on any atom is 0.190 e. The van der Waals surface area contributed by atoms with Gasteiger partial charge in [0.05, 0.1) is 7.11 Å². The van der Waals surface area contributed by atoms with Gasteiger partial charge in [-0.05, 0) is 37.1 Å². The largest absolute Gasteiger partial charge is 0.491 e. The number of nitrogens with two attached hydrogens (primary N) is 1. The summed E-state index contributed by atoms with van der Waals surface area (Å²) in [6.07, 6.45) is 0.462. The summed E-state index contributed by atoms with van der Waals surface area (Å²) in [5.41, 5.74) is 6.31. The molecule has 0 amide bonds. The van der Waals surface area contributed by atoms with Gasteiger partial charge in [0.1, 0.15) is 0 Å². The van der Waals surface area contributed by atoms with Crippen molar-refractivity contribution in [3.63, 3.8) is 0 Å². The Bertz CT molecular complexity index is 339. The zero-order chi connectivity index (χ0) is 10.7. The normalized spacial score (nSPS) is 10.4. The Morgan fingerprint density at radius 2 is 2.07 bits per heavy atom. The van der Waals surface area contributed by atoms with E-state index in [1.807, 2.05) is 0 Å². The van der Waals surface area contributed by atoms with Crippen LogP contribution in [0.3, 0.4) is 0 Å². The van der Waals surface area contributed by atoms with Gasteiger partial charge in [-0.15, -0.1) is 0 Å². The van der Waals surface area contributed by atoms with Crippen molar-refractivity contribution < 1.29 is 13.5 Å². The van der Waals surface area contributed by atoms with Crippen LogP contribution in [-0.2, 0) is 6.42 Å². The molecule has 2 N–H and O–H groups in total. The van der Waals surface area contributed by atoms with Crippen molar-refractivity contribution in [3.8, 4) is 5.75 Å². The maximum atomic E-state index is 13.4. The topological polar surface area (TPSA) is 35.2 Å². The van der Waals surface area contributed by atoms with Crippen molar-refractivity contribution in [2.24, 2.45) is 5.73 Å². The Kier molecular flexibility index (Phi) is 3.41. The fraction of sp³-hybridized carbons (Fsp3) is 0.400. The highest BCUT2D eigenvalue weighted by Gasteiger charge is 2.15. The molecule has 0 saturated carbocycles. The molecular formula is C10H13F2NO. The second-order valence-electron chi connectivity index (χ2n) is 3.03. The predicted octanol–water partition coefficient (Wildman–Crippen LogP) is 1.78. The third-order valence-corrected chi connectivity index (χ3v) is 2.15. The van der Waals surface area contributed by atoms with Gasteiger partial charge in [-0.25, -0.2) is 8.78 Å². The third kappa shape index (κ3) is 1.85. The molecule has 1 aromatic carbocycles. The van der Waals surface area contributed by atoms with Crippen LogP contribution in [0, 0.1) is 18.6 Å². The molecule has 0 atom stereocenters. The molecule has 78 valence electrons. The van der Waals surface area contributed by atoms with Crippen LogP contribution < -0.4 is 10.5 Å². The first-order valence-electron chi connectivity index (χ1n) is 4.33. The number of ether oxygens (including phenoxy) is 1.